The Morgan fingerprint density at radius 2 is 1.78 bits per heavy atom. The maximum Gasteiger partial charge on any atom is 0.220 e. The molecule has 142 valence electrons. The molecule has 2 heterocycles. The van der Waals surface area contributed by atoms with Crippen LogP contribution in [0.25, 0.3) is 0 Å². The number of rotatable bonds is 8. The highest BCUT2D eigenvalue weighted by Crippen LogP contribution is 2.19. The zero-order valence-corrected chi connectivity index (χ0v) is 15.3. The highest BCUT2D eigenvalue weighted by atomic mass is 16.5. The van der Waals surface area contributed by atoms with Crippen molar-refractivity contribution < 1.29 is 14.3 Å². The van der Waals surface area contributed by atoms with E-state index in [1.54, 1.807) is 18.3 Å². The summed E-state index contributed by atoms with van der Waals surface area (Å²) < 4.78 is 5.43. The molecule has 6 nitrogen and oxygen atoms in total. The van der Waals surface area contributed by atoms with Crippen LogP contribution in [0.1, 0.15) is 34.9 Å². The molecule has 1 aliphatic heterocycles. The van der Waals surface area contributed by atoms with Crippen LogP contribution in [-0.2, 0) is 9.53 Å². The van der Waals surface area contributed by atoms with Crippen molar-refractivity contribution >= 4 is 11.7 Å². The number of aromatic nitrogens is 1. The minimum absolute atomic E-state index is 0.00359. The van der Waals surface area contributed by atoms with Crippen molar-refractivity contribution in [3.05, 3.63) is 66.0 Å². The van der Waals surface area contributed by atoms with Crippen molar-refractivity contribution in [2.24, 2.45) is 0 Å². The van der Waals surface area contributed by atoms with Gasteiger partial charge in [0.25, 0.3) is 0 Å². The van der Waals surface area contributed by atoms with E-state index in [0.29, 0.717) is 25.3 Å². The molecule has 1 amide bonds. The first kappa shape index (κ1) is 19.2. The second kappa shape index (κ2) is 9.94. The lowest BCUT2D eigenvalue weighted by Crippen LogP contribution is -2.44. The molecule has 1 aliphatic rings. The van der Waals surface area contributed by atoms with Crippen molar-refractivity contribution in [3.8, 4) is 0 Å². The lowest BCUT2D eigenvalue weighted by atomic mass is 10.1. The number of hydrogen-bond acceptors (Lipinski definition) is 5. The molecule has 1 aromatic carbocycles. The Morgan fingerprint density at radius 3 is 2.48 bits per heavy atom. The molecule has 0 radical (unpaired) electrons. The van der Waals surface area contributed by atoms with Crippen LogP contribution in [0.5, 0.6) is 0 Å². The number of hydrogen-bond donors (Lipinski definition) is 1. The Labute approximate surface area is 159 Å². The van der Waals surface area contributed by atoms with Gasteiger partial charge in [-0.05, 0) is 12.1 Å². The van der Waals surface area contributed by atoms with Gasteiger partial charge >= 0.3 is 0 Å². The molecule has 0 unspecified atom stereocenters. The molecular formula is C21H25N3O3. The van der Waals surface area contributed by atoms with Crippen molar-refractivity contribution in [3.63, 3.8) is 0 Å². The van der Waals surface area contributed by atoms with E-state index >= 15 is 0 Å². The molecule has 3 rings (SSSR count). The Bertz CT molecular complexity index is 731. The van der Waals surface area contributed by atoms with Crippen LogP contribution in [0, 0.1) is 0 Å². The van der Waals surface area contributed by atoms with Gasteiger partial charge < -0.3 is 10.1 Å². The minimum Gasteiger partial charge on any atom is -0.379 e. The van der Waals surface area contributed by atoms with Crippen molar-refractivity contribution in [1.29, 1.82) is 0 Å². The van der Waals surface area contributed by atoms with Crippen LogP contribution in [0.2, 0.25) is 0 Å². The number of ether oxygens (including phenoxy) is 1. The van der Waals surface area contributed by atoms with E-state index in [9.17, 15) is 9.59 Å². The third-order valence-electron chi connectivity index (χ3n) is 4.68. The third kappa shape index (κ3) is 5.70. The summed E-state index contributed by atoms with van der Waals surface area (Å²) in [5.41, 5.74) is 1.57. The summed E-state index contributed by atoms with van der Waals surface area (Å²) in [7, 11) is 0. The predicted molar refractivity (Wildman–Crippen MR) is 102 cm³/mol. The van der Waals surface area contributed by atoms with Gasteiger partial charge in [0, 0.05) is 44.2 Å². The Kier molecular flexibility index (Phi) is 7.07. The standard InChI is InChI=1S/C21H25N3O3/c25-20(17-6-2-1-3-7-17)9-10-21(26)23-16-19(18-8-4-5-11-22-18)24-12-14-27-15-13-24/h1-8,11,19H,9-10,12-16H2,(H,23,26)/t19-/m0/s1. The van der Waals surface area contributed by atoms with Crippen LogP contribution in [0.3, 0.4) is 0 Å². The molecule has 0 saturated carbocycles. The van der Waals surface area contributed by atoms with Gasteiger partial charge in [-0.3, -0.25) is 19.5 Å². The lowest BCUT2D eigenvalue weighted by molar-refractivity contribution is -0.121. The number of ketones is 1. The SMILES string of the molecule is O=C(CCC(=O)c1ccccc1)NC[C@@H](c1ccccn1)N1CCOCC1. The van der Waals surface area contributed by atoms with Gasteiger partial charge in [0.05, 0.1) is 24.9 Å². The number of Topliss-reactive ketones (excluding diaryl/α,β-unsaturated/α-hetero) is 1. The Balaban J connectivity index is 1.53. The maximum atomic E-state index is 12.3. The highest BCUT2D eigenvalue weighted by molar-refractivity contribution is 5.97. The smallest absolute Gasteiger partial charge is 0.220 e. The topological polar surface area (TPSA) is 71.5 Å². The quantitative estimate of drug-likeness (QED) is 0.725. The van der Waals surface area contributed by atoms with Crippen molar-refractivity contribution in [2.75, 3.05) is 32.8 Å². The molecule has 0 aliphatic carbocycles. The largest absolute Gasteiger partial charge is 0.379 e. The van der Waals surface area contributed by atoms with Gasteiger partial charge in [0.15, 0.2) is 5.78 Å². The normalized spacial score (nSPS) is 15.9. The van der Waals surface area contributed by atoms with Gasteiger partial charge in [-0.15, -0.1) is 0 Å². The Hall–Kier alpha value is -2.57. The molecule has 1 N–H and O–H groups in total. The summed E-state index contributed by atoms with van der Waals surface area (Å²) in [6, 6.07) is 14.9. The number of nitrogens with zero attached hydrogens (tertiary/aromatic N) is 2. The van der Waals surface area contributed by atoms with E-state index in [0.717, 1.165) is 18.8 Å². The summed E-state index contributed by atoms with van der Waals surface area (Å²) in [6.07, 6.45) is 2.16. The summed E-state index contributed by atoms with van der Waals surface area (Å²) in [4.78, 5) is 31.2. The molecule has 1 fully saturated rings. The number of carbonyl (C=O) groups is 2. The highest BCUT2D eigenvalue weighted by Gasteiger charge is 2.24. The van der Waals surface area contributed by atoms with Crippen LogP contribution in [-0.4, -0.2) is 54.4 Å². The molecule has 1 atom stereocenters. The van der Waals surface area contributed by atoms with E-state index in [-0.39, 0.29) is 30.6 Å². The number of morpholine rings is 1. The van der Waals surface area contributed by atoms with Gasteiger partial charge in [0.1, 0.15) is 0 Å². The monoisotopic (exact) mass is 367 g/mol. The molecule has 2 aromatic rings. The lowest BCUT2D eigenvalue weighted by Gasteiger charge is -2.34. The number of pyridine rings is 1. The fraction of sp³-hybridized carbons (Fsp3) is 0.381. The average Bonchev–Trinajstić information content (AvgIpc) is 2.74. The average molecular weight is 367 g/mol. The van der Waals surface area contributed by atoms with Crippen molar-refractivity contribution in [1.82, 2.24) is 15.2 Å². The van der Waals surface area contributed by atoms with Crippen LogP contribution in [0.4, 0.5) is 0 Å². The van der Waals surface area contributed by atoms with E-state index in [1.807, 2.05) is 36.4 Å². The second-order valence-electron chi connectivity index (χ2n) is 6.51. The van der Waals surface area contributed by atoms with Gasteiger partial charge in [-0.2, -0.15) is 0 Å². The fourth-order valence-corrected chi connectivity index (χ4v) is 3.18. The molecule has 27 heavy (non-hydrogen) atoms. The molecule has 0 spiro atoms. The summed E-state index contributed by atoms with van der Waals surface area (Å²) in [5, 5.41) is 2.97. The zero-order valence-electron chi connectivity index (χ0n) is 15.3. The first-order valence-electron chi connectivity index (χ1n) is 9.32. The summed E-state index contributed by atoms with van der Waals surface area (Å²) in [5.74, 6) is -0.131. The zero-order chi connectivity index (χ0) is 18.9. The number of carbonyl (C=O) groups excluding carboxylic acids is 2. The first-order chi connectivity index (χ1) is 13.2. The van der Waals surface area contributed by atoms with Crippen molar-refractivity contribution in [2.45, 2.75) is 18.9 Å². The van der Waals surface area contributed by atoms with Crippen LogP contribution >= 0.6 is 0 Å². The van der Waals surface area contributed by atoms with Gasteiger partial charge in [-0.1, -0.05) is 36.4 Å². The second-order valence-corrected chi connectivity index (χ2v) is 6.51. The number of amides is 1. The maximum absolute atomic E-state index is 12.3. The Morgan fingerprint density at radius 1 is 1.04 bits per heavy atom. The summed E-state index contributed by atoms with van der Waals surface area (Å²) >= 11 is 0. The number of nitrogens with one attached hydrogen (secondary N) is 1. The molecule has 1 saturated heterocycles. The van der Waals surface area contributed by atoms with E-state index in [4.69, 9.17) is 4.74 Å². The molecule has 0 bridgehead atoms. The molecular weight excluding hydrogens is 342 g/mol. The fourth-order valence-electron chi connectivity index (χ4n) is 3.18. The summed E-state index contributed by atoms with van der Waals surface area (Å²) in [6.45, 7) is 3.45. The van der Waals surface area contributed by atoms with E-state index < -0.39 is 0 Å². The minimum atomic E-state index is -0.117. The number of benzene rings is 1. The first-order valence-corrected chi connectivity index (χ1v) is 9.32. The van der Waals surface area contributed by atoms with E-state index in [1.165, 1.54) is 0 Å². The predicted octanol–water partition coefficient (Wildman–Crippen LogP) is 2.23. The molecule has 1 aromatic heterocycles. The van der Waals surface area contributed by atoms with Gasteiger partial charge in [-0.25, -0.2) is 0 Å². The van der Waals surface area contributed by atoms with Gasteiger partial charge in [0.2, 0.25) is 5.91 Å². The molecule has 6 heteroatoms. The van der Waals surface area contributed by atoms with Crippen LogP contribution in [0.15, 0.2) is 54.7 Å². The van der Waals surface area contributed by atoms with E-state index in [2.05, 4.69) is 15.2 Å². The third-order valence-corrected chi connectivity index (χ3v) is 4.68. The van der Waals surface area contributed by atoms with Crippen LogP contribution < -0.4 is 5.32 Å².